The standard InChI is InChI=1S/C9H9NO4.C7H4O/c10-4-5-1-6(8(11)12)3-7(2-5)9(13)14;8-7-5-1-2-6(7)4-3-5/h1-3H,4,10H2,(H,11,12)(H,13,14);1-4H. The molecule has 2 aliphatic carbocycles. The van der Waals surface area contributed by atoms with Crippen LogP contribution < -0.4 is 5.73 Å². The van der Waals surface area contributed by atoms with Crippen LogP contribution in [0.4, 0.5) is 0 Å². The van der Waals surface area contributed by atoms with Gasteiger partial charge in [-0.1, -0.05) is 24.3 Å². The Hall–Kier alpha value is -2.99. The molecule has 0 unspecified atom stereocenters. The van der Waals surface area contributed by atoms with Gasteiger partial charge in [-0.05, 0) is 23.8 Å². The summed E-state index contributed by atoms with van der Waals surface area (Å²) in [5.74, 6) is -2.14. The number of hydrogen-bond donors (Lipinski definition) is 3. The Morgan fingerprint density at radius 3 is 1.59 bits per heavy atom. The minimum absolute atomic E-state index is 0.0645. The Labute approximate surface area is 125 Å². The molecule has 6 nitrogen and oxygen atoms in total. The van der Waals surface area contributed by atoms with Crippen LogP contribution in [0.2, 0.25) is 0 Å². The lowest BCUT2D eigenvalue weighted by atomic mass is 10.1. The fourth-order valence-corrected chi connectivity index (χ4v) is 2.00. The number of carboxylic acid groups (broad SMARTS) is 2. The van der Waals surface area contributed by atoms with E-state index >= 15 is 0 Å². The molecule has 6 heteroatoms. The maximum atomic E-state index is 10.8. The Balaban J connectivity index is 0.000000183. The molecule has 2 aliphatic rings. The van der Waals surface area contributed by atoms with Crippen molar-refractivity contribution < 1.29 is 24.6 Å². The number of ketones is 1. The van der Waals surface area contributed by atoms with E-state index in [1.165, 1.54) is 12.1 Å². The summed E-state index contributed by atoms with van der Waals surface area (Å²) in [6, 6.07) is 3.81. The van der Waals surface area contributed by atoms with Crippen molar-refractivity contribution in [3.63, 3.8) is 0 Å². The number of carboxylic acids is 2. The van der Waals surface area contributed by atoms with Crippen LogP contribution in [0.5, 0.6) is 0 Å². The maximum absolute atomic E-state index is 10.8. The van der Waals surface area contributed by atoms with Crippen LogP contribution in [0.15, 0.2) is 53.6 Å². The maximum Gasteiger partial charge on any atom is 0.335 e. The number of Topliss-reactive ketones (excluding diaryl/α,β-unsaturated/α-hetero) is 1. The molecular formula is C16H13NO5. The van der Waals surface area contributed by atoms with Gasteiger partial charge in [-0.3, -0.25) is 4.79 Å². The molecule has 1 aromatic rings. The van der Waals surface area contributed by atoms with Gasteiger partial charge in [0.15, 0.2) is 5.78 Å². The second-order valence-corrected chi connectivity index (χ2v) is 4.64. The molecule has 0 radical (unpaired) electrons. The number of carbonyl (C=O) groups excluding carboxylic acids is 1. The van der Waals surface area contributed by atoms with Crippen molar-refractivity contribution in [2.75, 3.05) is 0 Å². The monoisotopic (exact) mass is 299 g/mol. The highest BCUT2D eigenvalue weighted by Crippen LogP contribution is 2.23. The molecule has 22 heavy (non-hydrogen) atoms. The van der Waals surface area contributed by atoms with Gasteiger partial charge in [0.1, 0.15) is 0 Å². The molecule has 1 aromatic carbocycles. The summed E-state index contributed by atoms with van der Waals surface area (Å²) in [6.45, 7) is 0.113. The molecule has 112 valence electrons. The van der Waals surface area contributed by atoms with Crippen molar-refractivity contribution in [1.82, 2.24) is 0 Å². The third kappa shape index (κ3) is 3.18. The first-order chi connectivity index (χ1) is 10.4. The Morgan fingerprint density at radius 2 is 1.36 bits per heavy atom. The number of nitrogens with two attached hydrogens (primary N) is 1. The van der Waals surface area contributed by atoms with Gasteiger partial charge in [-0.2, -0.15) is 0 Å². The lowest BCUT2D eigenvalue weighted by Crippen LogP contribution is -2.06. The molecule has 0 heterocycles. The van der Waals surface area contributed by atoms with Gasteiger partial charge in [0.05, 0.1) is 11.1 Å². The smallest absolute Gasteiger partial charge is 0.335 e. The Bertz CT molecular complexity index is 700. The van der Waals surface area contributed by atoms with Crippen molar-refractivity contribution in [3.8, 4) is 0 Å². The number of fused-ring (bicyclic) bond motifs is 2. The zero-order valence-corrected chi connectivity index (χ0v) is 11.4. The SMILES string of the molecule is NCc1cc(C(=O)O)cc(C(=O)O)c1.O=C1C2=CC=C1C=C2. The molecule has 0 aromatic heterocycles. The van der Waals surface area contributed by atoms with Crippen LogP contribution in [-0.4, -0.2) is 27.9 Å². The third-order valence-electron chi connectivity index (χ3n) is 3.13. The minimum Gasteiger partial charge on any atom is -0.478 e. The van der Waals surface area contributed by atoms with Crippen LogP contribution in [0.1, 0.15) is 26.3 Å². The average Bonchev–Trinajstić information content (AvgIpc) is 3.05. The molecule has 0 saturated heterocycles. The van der Waals surface area contributed by atoms with E-state index in [9.17, 15) is 14.4 Å². The number of allylic oxidation sites excluding steroid dienone is 6. The third-order valence-corrected chi connectivity index (χ3v) is 3.13. The average molecular weight is 299 g/mol. The second kappa shape index (κ2) is 6.19. The van der Waals surface area contributed by atoms with E-state index in [1.807, 2.05) is 24.3 Å². The predicted octanol–water partition coefficient (Wildman–Crippen LogP) is 1.53. The fraction of sp³-hybridized carbons (Fsp3) is 0.0625. The zero-order chi connectivity index (χ0) is 16.3. The lowest BCUT2D eigenvalue weighted by Gasteiger charge is -2.02. The van der Waals surface area contributed by atoms with Crippen LogP contribution in [0.3, 0.4) is 0 Å². The molecule has 0 spiro atoms. The Kier molecular flexibility index (Phi) is 4.33. The normalized spacial score (nSPS) is 14.1. The lowest BCUT2D eigenvalue weighted by molar-refractivity contribution is -0.111. The van der Waals surface area contributed by atoms with E-state index in [1.54, 1.807) is 0 Å². The van der Waals surface area contributed by atoms with Crippen molar-refractivity contribution in [2.24, 2.45) is 5.73 Å². The largest absolute Gasteiger partial charge is 0.478 e. The molecule has 0 amide bonds. The van der Waals surface area contributed by atoms with Gasteiger partial charge < -0.3 is 15.9 Å². The van der Waals surface area contributed by atoms with E-state index in [2.05, 4.69) is 0 Å². The van der Waals surface area contributed by atoms with E-state index in [0.29, 0.717) is 5.56 Å². The van der Waals surface area contributed by atoms with E-state index < -0.39 is 11.9 Å². The van der Waals surface area contributed by atoms with E-state index in [4.69, 9.17) is 15.9 Å². The summed E-state index contributed by atoms with van der Waals surface area (Å²) in [6.07, 6.45) is 7.38. The van der Waals surface area contributed by atoms with Crippen LogP contribution in [0.25, 0.3) is 0 Å². The van der Waals surface area contributed by atoms with Crippen molar-refractivity contribution in [1.29, 1.82) is 0 Å². The fourth-order valence-electron chi connectivity index (χ4n) is 2.00. The first-order valence-corrected chi connectivity index (χ1v) is 6.37. The van der Waals surface area contributed by atoms with Crippen molar-refractivity contribution >= 4 is 17.7 Å². The van der Waals surface area contributed by atoms with Crippen LogP contribution in [0, 0.1) is 0 Å². The number of carbonyl (C=O) groups is 3. The Morgan fingerprint density at radius 1 is 0.909 bits per heavy atom. The summed E-state index contributed by atoms with van der Waals surface area (Å²) < 4.78 is 0. The highest BCUT2D eigenvalue weighted by Gasteiger charge is 2.20. The number of benzene rings is 1. The van der Waals surface area contributed by atoms with E-state index in [0.717, 1.165) is 17.2 Å². The highest BCUT2D eigenvalue weighted by molar-refractivity contribution is 6.17. The van der Waals surface area contributed by atoms with E-state index in [-0.39, 0.29) is 23.5 Å². The molecule has 0 aliphatic heterocycles. The molecule has 0 atom stereocenters. The molecule has 4 N–H and O–H groups in total. The molecule has 0 fully saturated rings. The summed E-state index contributed by atoms with van der Waals surface area (Å²) in [7, 11) is 0. The predicted molar refractivity (Wildman–Crippen MR) is 78.6 cm³/mol. The van der Waals surface area contributed by atoms with Crippen LogP contribution >= 0.6 is 0 Å². The topological polar surface area (TPSA) is 118 Å². The van der Waals surface area contributed by atoms with Gasteiger partial charge in [0.2, 0.25) is 0 Å². The van der Waals surface area contributed by atoms with Crippen molar-refractivity contribution in [3.05, 3.63) is 70.3 Å². The quantitative estimate of drug-likeness (QED) is 0.779. The van der Waals surface area contributed by atoms with Gasteiger partial charge in [0.25, 0.3) is 0 Å². The molecule has 0 saturated carbocycles. The van der Waals surface area contributed by atoms with Crippen molar-refractivity contribution in [2.45, 2.75) is 6.54 Å². The van der Waals surface area contributed by atoms with Crippen LogP contribution in [-0.2, 0) is 11.3 Å². The number of hydrogen-bond acceptors (Lipinski definition) is 4. The van der Waals surface area contributed by atoms with Gasteiger partial charge >= 0.3 is 11.9 Å². The molecular weight excluding hydrogens is 286 g/mol. The number of aromatic carboxylic acids is 2. The van der Waals surface area contributed by atoms with Gasteiger partial charge in [0, 0.05) is 17.7 Å². The summed E-state index contributed by atoms with van der Waals surface area (Å²) in [5.41, 5.74) is 7.33. The minimum atomic E-state index is -1.16. The first-order valence-electron chi connectivity index (χ1n) is 6.37. The number of rotatable bonds is 3. The zero-order valence-electron chi connectivity index (χ0n) is 11.4. The summed E-state index contributed by atoms with van der Waals surface area (Å²) >= 11 is 0. The summed E-state index contributed by atoms with van der Waals surface area (Å²) in [4.78, 5) is 32.0. The summed E-state index contributed by atoms with van der Waals surface area (Å²) in [5, 5.41) is 17.4. The highest BCUT2D eigenvalue weighted by atomic mass is 16.4. The second-order valence-electron chi connectivity index (χ2n) is 4.64. The molecule has 3 rings (SSSR count). The first kappa shape index (κ1) is 15.4. The van der Waals surface area contributed by atoms with Gasteiger partial charge in [-0.15, -0.1) is 0 Å². The molecule has 2 bridgehead atoms. The van der Waals surface area contributed by atoms with Gasteiger partial charge in [-0.25, -0.2) is 9.59 Å².